The molecule has 0 atom stereocenters. The first-order chi connectivity index (χ1) is 9.06. The lowest BCUT2D eigenvalue weighted by Gasteiger charge is -2.34. The van der Waals surface area contributed by atoms with Crippen molar-refractivity contribution in [1.82, 2.24) is 4.90 Å². The Morgan fingerprint density at radius 1 is 1.37 bits per heavy atom. The molecule has 19 heavy (non-hydrogen) atoms. The third-order valence-corrected chi connectivity index (χ3v) is 4.34. The van der Waals surface area contributed by atoms with Gasteiger partial charge in [0.2, 0.25) is 0 Å². The average molecular weight is 278 g/mol. The highest BCUT2D eigenvalue weighted by Crippen LogP contribution is 2.13. The van der Waals surface area contributed by atoms with E-state index in [0.717, 1.165) is 10.8 Å². The van der Waals surface area contributed by atoms with Gasteiger partial charge in [0, 0.05) is 31.6 Å². The van der Waals surface area contributed by atoms with E-state index in [-0.39, 0.29) is 0 Å². The summed E-state index contributed by atoms with van der Waals surface area (Å²) in [5.41, 5.74) is 2.33. The van der Waals surface area contributed by atoms with E-state index in [1.54, 1.807) is 4.90 Å². The fourth-order valence-corrected chi connectivity index (χ4v) is 2.85. The van der Waals surface area contributed by atoms with E-state index in [9.17, 15) is 0 Å². The van der Waals surface area contributed by atoms with Gasteiger partial charge in [0.1, 0.15) is 0 Å². The fourth-order valence-electron chi connectivity index (χ4n) is 2.58. The Bertz CT molecular complexity index is 439. The number of rotatable bonds is 2. The molecule has 2 rings (SSSR count). The largest absolute Gasteiger partial charge is 0.349 e. The van der Waals surface area contributed by atoms with Gasteiger partial charge in [0.25, 0.3) is 0 Å². The predicted molar refractivity (Wildman–Crippen MR) is 84.8 cm³/mol. The summed E-state index contributed by atoms with van der Waals surface area (Å²) >= 11 is 5.52. The minimum Gasteiger partial charge on any atom is -0.349 e. The van der Waals surface area contributed by atoms with Crippen molar-refractivity contribution in [3.8, 4) is 0 Å². The van der Waals surface area contributed by atoms with Crippen LogP contribution in [0.4, 0.5) is 5.69 Å². The Morgan fingerprint density at radius 2 is 2.05 bits per heavy atom. The molecule has 1 saturated heterocycles. The van der Waals surface area contributed by atoms with Crippen molar-refractivity contribution in [3.05, 3.63) is 29.8 Å². The first-order valence-corrected chi connectivity index (χ1v) is 7.39. The Hall–Kier alpha value is -1.13. The molecule has 1 heterocycles. The smallest absolute Gasteiger partial charge is 0.173 e. The molecule has 0 unspecified atom stereocenters. The molecule has 0 aliphatic carbocycles. The number of quaternary nitrogens is 1. The molecular weight excluding hydrogens is 254 g/mol. The molecule has 1 aliphatic rings. The number of anilines is 1. The lowest BCUT2D eigenvalue weighted by Crippen LogP contribution is -3.10. The third kappa shape index (κ3) is 3.91. The van der Waals surface area contributed by atoms with E-state index in [0.29, 0.717) is 6.04 Å². The summed E-state index contributed by atoms with van der Waals surface area (Å²) in [5.74, 6) is 0. The highest BCUT2D eigenvalue weighted by atomic mass is 32.1. The Kier molecular flexibility index (Phi) is 4.77. The summed E-state index contributed by atoms with van der Waals surface area (Å²) in [6.45, 7) is 4.57. The van der Waals surface area contributed by atoms with Crippen LogP contribution in [0.15, 0.2) is 24.3 Å². The van der Waals surface area contributed by atoms with Crippen molar-refractivity contribution in [3.63, 3.8) is 0 Å². The molecule has 3 nitrogen and oxygen atoms in total. The number of piperidine rings is 1. The third-order valence-electron chi connectivity index (χ3n) is 3.95. The van der Waals surface area contributed by atoms with Gasteiger partial charge in [-0.2, -0.15) is 0 Å². The number of nitrogens with one attached hydrogen (secondary N) is 2. The molecule has 0 radical (unpaired) electrons. The van der Waals surface area contributed by atoms with Crippen LogP contribution in [0.25, 0.3) is 0 Å². The Labute approximate surface area is 121 Å². The maximum absolute atomic E-state index is 5.52. The monoisotopic (exact) mass is 278 g/mol. The molecule has 1 aromatic rings. The van der Waals surface area contributed by atoms with Gasteiger partial charge in [0.05, 0.1) is 20.1 Å². The van der Waals surface area contributed by atoms with Crippen molar-refractivity contribution in [2.45, 2.75) is 25.8 Å². The number of nitrogens with zero attached hydrogens (tertiary/aromatic N) is 1. The van der Waals surface area contributed by atoms with Gasteiger partial charge < -0.3 is 15.1 Å². The van der Waals surface area contributed by atoms with E-state index in [4.69, 9.17) is 12.2 Å². The quantitative estimate of drug-likeness (QED) is 0.796. The van der Waals surface area contributed by atoms with Crippen LogP contribution in [0.3, 0.4) is 0 Å². The van der Waals surface area contributed by atoms with Crippen LogP contribution in [-0.2, 0) is 0 Å². The standard InChI is InChI=1S/C15H23N3S/c1-12-5-4-6-13(11-12)16-15(19)18(3)14-7-9-17(2)10-8-14/h4-6,11,14H,7-10H2,1-3H3,(H,16,19)/p+1. The second-order valence-corrected chi connectivity index (χ2v) is 5.99. The van der Waals surface area contributed by atoms with E-state index in [1.165, 1.54) is 31.5 Å². The molecule has 0 aromatic heterocycles. The minimum absolute atomic E-state index is 0.577. The average Bonchev–Trinajstić information content (AvgIpc) is 2.39. The van der Waals surface area contributed by atoms with Gasteiger partial charge in [-0.3, -0.25) is 0 Å². The lowest BCUT2D eigenvalue weighted by atomic mass is 10.0. The van der Waals surface area contributed by atoms with E-state index in [1.807, 2.05) is 0 Å². The van der Waals surface area contributed by atoms with Crippen molar-refractivity contribution < 1.29 is 4.90 Å². The Balaban J connectivity index is 1.92. The first-order valence-electron chi connectivity index (χ1n) is 6.98. The summed E-state index contributed by atoms with van der Waals surface area (Å²) in [5, 5.41) is 4.17. The molecule has 0 amide bonds. The number of likely N-dealkylation sites (tertiary alicyclic amines) is 1. The molecule has 0 bridgehead atoms. The number of hydrogen-bond acceptors (Lipinski definition) is 1. The maximum Gasteiger partial charge on any atom is 0.173 e. The SMILES string of the molecule is Cc1cccc(NC(=S)N(C)C2CC[NH+](C)CC2)c1. The second kappa shape index (κ2) is 6.35. The molecule has 1 aromatic carbocycles. The van der Waals surface area contributed by atoms with E-state index < -0.39 is 0 Å². The molecular formula is C15H24N3S+. The number of thiocarbonyl (C=S) groups is 1. The molecule has 0 saturated carbocycles. The van der Waals surface area contributed by atoms with Gasteiger partial charge in [-0.1, -0.05) is 12.1 Å². The summed E-state index contributed by atoms with van der Waals surface area (Å²) < 4.78 is 0. The molecule has 104 valence electrons. The van der Waals surface area contributed by atoms with E-state index >= 15 is 0 Å². The van der Waals surface area contributed by atoms with Gasteiger partial charge in [-0.25, -0.2) is 0 Å². The maximum atomic E-state index is 5.52. The van der Waals surface area contributed by atoms with Crippen molar-refractivity contribution in [2.75, 3.05) is 32.5 Å². The zero-order valence-corrected chi connectivity index (χ0v) is 12.9. The van der Waals surface area contributed by atoms with Crippen molar-refractivity contribution in [2.24, 2.45) is 0 Å². The molecule has 1 aliphatic heterocycles. The van der Waals surface area contributed by atoms with Gasteiger partial charge in [0.15, 0.2) is 5.11 Å². The minimum atomic E-state index is 0.577. The summed E-state index contributed by atoms with van der Waals surface area (Å²) in [7, 11) is 4.37. The first kappa shape index (κ1) is 14.3. The number of aryl methyl sites for hydroxylation is 1. The van der Waals surface area contributed by atoms with Crippen LogP contribution < -0.4 is 10.2 Å². The molecule has 0 spiro atoms. The van der Waals surface area contributed by atoms with Crippen molar-refractivity contribution in [1.29, 1.82) is 0 Å². The number of benzene rings is 1. The molecule has 1 fully saturated rings. The van der Waals surface area contributed by atoms with E-state index in [2.05, 4.69) is 55.5 Å². The van der Waals surface area contributed by atoms with Gasteiger partial charge in [-0.15, -0.1) is 0 Å². The van der Waals surface area contributed by atoms with Crippen LogP contribution in [0.1, 0.15) is 18.4 Å². The van der Waals surface area contributed by atoms with Gasteiger partial charge >= 0.3 is 0 Å². The zero-order valence-electron chi connectivity index (χ0n) is 12.1. The second-order valence-electron chi connectivity index (χ2n) is 5.60. The molecule has 2 N–H and O–H groups in total. The summed E-state index contributed by atoms with van der Waals surface area (Å²) in [6.07, 6.45) is 2.44. The molecule has 4 heteroatoms. The summed E-state index contributed by atoms with van der Waals surface area (Å²) in [6, 6.07) is 8.91. The van der Waals surface area contributed by atoms with Crippen LogP contribution in [0.2, 0.25) is 0 Å². The van der Waals surface area contributed by atoms with Crippen LogP contribution in [0, 0.1) is 6.92 Å². The summed E-state index contributed by atoms with van der Waals surface area (Å²) in [4.78, 5) is 3.85. The Morgan fingerprint density at radius 3 is 2.68 bits per heavy atom. The number of hydrogen-bond donors (Lipinski definition) is 2. The van der Waals surface area contributed by atoms with Crippen LogP contribution in [0.5, 0.6) is 0 Å². The topological polar surface area (TPSA) is 19.7 Å². The fraction of sp³-hybridized carbons (Fsp3) is 0.533. The lowest BCUT2D eigenvalue weighted by molar-refractivity contribution is -0.885. The van der Waals surface area contributed by atoms with Crippen LogP contribution >= 0.6 is 12.2 Å². The normalized spacial score (nSPS) is 22.9. The highest BCUT2D eigenvalue weighted by molar-refractivity contribution is 7.80. The zero-order chi connectivity index (χ0) is 13.8. The van der Waals surface area contributed by atoms with Crippen LogP contribution in [-0.4, -0.2) is 43.2 Å². The van der Waals surface area contributed by atoms with Crippen molar-refractivity contribution >= 4 is 23.0 Å². The van der Waals surface area contributed by atoms with Gasteiger partial charge in [-0.05, 0) is 36.8 Å². The predicted octanol–water partition coefficient (Wildman–Crippen LogP) is 1.30. The highest BCUT2D eigenvalue weighted by Gasteiger charge is 2.24.